The summed E-state index contributed by atoms with van der Waals surface area (Å²) < 4.78 is 31.3. The second-order valence-electron chi connectivity index (χ2n) is 4.55. The number of hydrogen-bond donors (Lipinski definition) is 1. The van der Waals surface area contributed by atoms with Gasteiger partial charge in [0.25, 0.3) is 0 Å². The second-order valence-corrected chi connectivity index (χ2v) is 4.55. The van der Waals surface area contributed by atoms with Crippen molar-refractivity contribution < 1.29 is 18.3 Å². The molecule has 1 aromatic carbocycles. The molecule has 0 fully saturated rings. The Hall–Kier alpha value is -2.16. The number of carbonyl (C=O) groups is 1. The highest BCUT2D eigenvalue weighted by molar-refractivity contribution is 5.85. The first-order chi connectivity index (χ1) is 8.23. The number of nitriles is 1. The summed E-state index contributed by atoms with van der Waals surface area (Å²) in [5, 5.41) is 10.7. The Kier molecular flexibility index (Phi) is 3.86. The van der Waals surface area contributed by atoms with Gasteiger partial charge in [-0.15, -0.1) is 0 Å². The summed E-state index contributed by atoms with van der Waals surface area (Å²) in [6.45, 7) is 4.94. The molecule has 6 heteroatoms. The van der Waals surface area contributed by atoms with Gasteiger partial charge < -0.3 is 4.74 Å². The van der Waals surface area contributed by atoms with Crippen LogP contribution in [0.2, 0.25) is 0 Å². The maximum absolute atomic E-state index is 13.3. The first-order valence-corrected chi connectivity index (χ1v) is 5.12. The average Bonchev–Trinajstić information content (AvgIpc) is 2.19. The molecule has 0 atom stereocenters. The predicted octanol–water partition coefficient (Wildman–Crippen LogP) is 3.18. The average molecular weight is 254 g/mol. The molecule has 0 saturated heterocycles. The molecule has 0 bridgehead atoms. The Labute approximate surface area is 103 Å². The van der Waals surface area contributed by atoms with Crippen LogP contribution in [-0.2, 0) is 4.74 Å². The molecule has 96 valence electrons. The zero-order valence-electron chi connectivity index (χ0n) is 10.2. The Bertz CT molecular complexity index is 516. The van der Waals surface area contributed by atoms with E-state index in [-0.39, 0.29) is 11.3 Å². The molecule has 0 radical (unpaired) electrons. The van der Waals surface area contributed by atoms with E-state index in [9.17, 15) is 13.6 Å². The number of halogens is 2. The summed E-state index contributed by atoms with van der Waals surface area (Å²) >= 11 is 0. The van der Waals surface area contributed by atoms with Crippen molar-refractivity contribution in [3.05, 3.63) is 29.3 Å². The molecule has 0 aliphatic heterocycles. The fraction of sp³-hybridized carbons (Fsp3) is 0.333. The highest BCUT2D eigenvalue weighted by Crippen LogP contribution is 2.20. The summed E-state index contributed by atoms with van der Waals surface area (Å²) in [7, 11) is 0. The summed E-state index contributed by atoms with van der Waals surface area (Å²) in [5.74, 6) is -1.96. The standard InChI is InChI=1S/C12H12F2N2O2/c1-12(2,3)18-11(17)16-10-4-7(6-15)8(13)5-9(10)14/h4-5H,1-3H3,(H,16,17). The maximum atomic E-state index is 13.3. The molecule has 1 amide bonds. The van der Waals surface area contributed by atoms with Crippen LogP contribution in [0, 0.1) is 23.0 Å². The van der Waals surface area contributed by atoms with E-state index in [0.29, 0.717) is 6.07 Å². The molecule has 18 heavy (non-hydrogen) atoms. The van der Waals surface area contributed by atoms with Crippen molar-refractivity contribution in [3.63, 3.8) is 0 Å². The van der Waals surface area contributed by atoms with Crippen LogP contribution in [-0.4, -0.2) is 11.7 Å². The minimum atomic E-state index is -0.982. The van der Waals surface area contributed by atoms with E-state index >= 15 is 0 Å². The van der Waals surface area contributed by atoms with E-state index < -0.39 is 23.3 Å². The van der Waals surface area contributed by atoms with E-state index in [0.717, 1.165) is 6.07 Å². The minimum absolute atomic E-state index is 0.304. The Morgan fingerprint density at radius 1 is 1.33 bits per heavy atom. The fourth-order valence-corrected chi connectivity index (χ4v) is 1.14. The van der Waals surface area contributed by atoms with Crippen LogP contribution in [0.25, 0.3) is 0 Å². The topological polar surface area (TPSA) is 62.1 Å². The van der Waals surface area contributed by atoms with Gasteiger partial charge in [0.15, 0.2) is 0 Å². The lowest BCUT2D eigenvalue weighted by atomic mass is 10.2. The smallest absolute Gasteiger partial charge is 0.412 e. The number of anilines is 1. The Morgan fingerprint density at radius 3 is 2.44 bits per heavy atom. The first kappa shape index (κ1) is 13.9. The summed E-state index contributed by atoms with van der Waals surface area (Å²) in [6.07, 6.45) is -0.878. The zero-order chi connectivity index (χ0) is 13.9. The molecular weight excluding hydrogens is 242 g/mol. The van der Waals surface area contributed by atoms with Crippen molar-refractivity contribution in [1.29, 1.82) is 5.26 Å². The molecule has 1 aromatic rings. The normalized spacial score (nSPS) is 10.7. The number of amides is 1. The minimum Gasteiger partial charge on any atom is -0.444 e. The summed E-state index contributed by atoms with van der Waals surface area (Å²) in [5.41, 5.74) is -1.40. The Balaban J connectivity index is 2.92. The number of hydrogen-bond acceptors (Lipinski definition) is 3. The third-order valence-corrected chi connectivity index (χ3v) is 1.81. The number of nitrogens with one attached hydrogen (secondary N) is 1. The highest BCUT2D eigenvalue weighted by atomic mass is 19.1. The fourth-order valence-electron chi connectivity index (χ4n) is 1.14. The van der Waals surface area contributed by atoms with Gasteiger partial charge in [-0.25, -0.2) is 13.6 Å². The maximum Gasteiger partial charge on any atom is 0.412 e. The lowest BCUT2D eigenvalue weighted by Gasteiger charge is -2.19. The van der Waals surface area contributed by atoms with Crippen molar-refractivity contribution in [2.45, 2.75) is 26.4 Å². The molecule has 0 unspecified atom stereocenters. The van der Waals surface area contributed by atoms with Crippen molar-refractivity contribution in [3.8, 4) is 6.07 Å². The van der Waals surface area contributed by atoms with Crippen molar-refractivity contribution in [2.75, 3.05) is 5.32 Å². The number of rotatable bonds is 1. The number of benzene rings is 1. The molecule has 0 aromatic heterocycles. The van der Waals surface area contributed by atoms with Gasteiger partial charge >= 0.3 is 6.09 Å². The van der Waals surface area contributed by atoms with Crippen LogP contribution >= 0.6 is 0 Å². The van der Waals surface area contributed by atoms with Crippen LogP contribution < -0.4 is 5.32 Å². The highest BCUT2D eigenvalue weighted by Gasteiger charge is 2.18. The summed E-state index contributed by atoms with van der Waals surface area (Å²) in [6, 6.07) is 2.99. The van der Waals surface area contributed by atoms with E-state index in [1.165, 1.54) is 0 Å². The van der Waals surface area contributed by atoms with Gasteiger partial charge in [0.1, 0.15) is 23.3 Å². The third-order valence-electron chi connectivity index (χ3n) is 1.81. The van der Waals surface area contributed by atoms with Gasteiger partial charge in [0, 0.05) is 6.07 Å². The van der Waals surface area contributed by atoms with Gasteiger partial charge in [-0.3, -0.25) is 5.32 Å². The van der Waals surface area contributed by atoms with E-state index in [4.69, 9.17) is 10.00 Å². The molecule has 4 nitrogen and oxygen atoms in total. The quantitative estimate of drug-likeness (QED) is 0.837. The molecule has 1 rings (SSSR count). The summed E-state index contributed by atoms with van der Waals surface area (Å²) in [4.78, 5) is 11.4. The van der Waals surface area contributed by atoms with Crippen LogP contribution in [0.5, 0.6) is 0 Å². The number of carbonyl (C=O) groups excluding carboxylic acids is 1. The number of nitrogens with zero attached hydrogens (tertiary/aromatic N) is 1. The van der Waals surface area contributed by atoms with Gasteiger partial charge in [0.2, 0.25) is 0 Å². The lowest BCUT2D eigenvalue weighted by Crippen LogP contribution is -2.27. The van der Waals surface area contributed by atoms with E-state index in [2.05, 4.69) is 5.32 Å². The monoisotopic (exact) mass is 254 g/mol. The van der Waals surface area contributed by atoms with Gasteiger partial charge in [-0.05, 0) is 26.8 Å². The zero-order valence-corrected chi connectivity index (χ0v) is 10.2. The van der Waals surface area contributed by atoms with Gasteiger partial charge in [0.05, 0.1) is 11.3 Å². The molecular formula is C12H12F2N2O2. The second kappa shape index (κ2) is 5.00. The first-order valence-electron chi connectivity index (χ1n) is 5.12. The van der Waals surface area contributed by atoms with Crippen molar-refractivity contribution in [1.82, 2.24) is 0 Å². The predicted molar refractivity (Wildman–Crippen MR) is 60.9 cm³/mol. The largest absolute Gasteiger partial charge is 0.444 e. The Morgan fingerprint density at radius 2 is 1.94 bits per heavy atom. The van der Waals surface area contributed by atoms with Crippen molar-refractivity contribution >= 4 is 11.8 Å². The lowest BCUT2D eigenvalue weighted by molar-refractivity contribution is 0.0635. The van der Waals surface area contributed by atoms with Crippen LogP contribution in [0.4, 0.5) is 19.3 Å². The van der Waals surface area contributed by atoms with E-state index in [1.54, 1.807) is 26.8 Å². The number of ether oxygens (including phenoxy) is 1. The molecule has 0 spiro atoms. The van der Waals surface area contributed by atoms with E-state index in [1.807, 2.05) is 0 Å². The molecule has 0 saturated carbocycles. The van der Waals surface area contributed by atoms with Crippen LogP contribution in [0.15, 0.2) is 12.1 Å². The SMILES string of the molecule is CC(C)(C)OC(=O)Nc1cc(C#N)c(F)cc1F. The van der Waals surface area contributed by atoms with Crippen molar-refractivity contribution in [2.24, 2.45) is 0 Å². The van der Waals surface area contributed by atoms with Crippen LogP contribution in [0.3, 0.4) is 0 Å². The molecule has 1 N–H and O–H groups in total. The van der Waals surface area contributed by atoms with Crippen LogP contribution in [0.1, 0.15) is 26.3 Å². The van der Waals surface area contributed by atoms with Gasteiger partial charge in [-0.1, -0.05) is 0 Å². The molecule has 0 aliphatic carbocycles. The molecule has 0 aliphatic rings. The molecule has 0 heterocycles. The van der Waals surface area contributed by atoms with Gasteiger partial charge in [-0.2, -0.15) is 5.26 Å². The third kappa shape index (κ3) is 3.70.